The fourth-order valence-electron chi connectivity index (χ4n) is 1.63. The quantitative estimate of drug-likeness (QED) is 0.712. The zero-order valence-electron chi connectivity index (χ0n) is 7.96. The van der Waals surface area contributed by atoms with Gasteiger partial charge in [-0.1, -0.05) is 6.08 Å². The van der Waals surface area contributed by atoms with Crippen molar-refractivity contribution in [1.82, 2.24) is 4.98 Å². The number of phenolic OH excluding ortho intramolecular Hbond substituents is 1. The maximum absolute atomic E-state index is 9.36. The third-order valence-electron chi connectivity index (χ3n) is 2.37. The molecule has 14 heavy (non-hydrogen) atoms. The van der Waals surface area contributed by atoms with E-state index in [4.69, 9.17) is 0 Å². The van der Waals surface area contributed by atoms with Crippen molar-refractivity contribution < 1.29 is 5.11 Å². The summed E-state index contributed by atoms with van der Waals surface area (Å²) in [5.41, 5.74) is 2.30. The molecule has 2 nitrogen and oxygen atoms in total. The molecule has 0 saturated carbocycles. The van der Waals surface area contributed by atoms with Crippen LogP contribution in [0.3, 0.4) is 0 Å². The summed E-state index contributed by atoms with van der Waals surface area (Å²) in [5, 5.41) is 10.5. The number of nitrogens with one attached hydrogen (secondary N) is 1. The third-order valence-corrected chi connectivity index (χ3v) is 2.37. The fraction of sp³-hybridized carbons (Fsp3) is 0.167. The molecule has 0 radical (unpaired) electrons. The van der Waals surface area contributed by atoms with Gasteiger partial charge in [-0.05, 0) is 36.6 Å². The van der Waals surface area contributed by atoms with Gasteiger partial charge >= 0.3 is 0 Å². The van der Waals surface area contributed by atoms with Crippen molar-refractivity contribution in [3.05, 3.63) is 42.6 Å². The number of phenols is 1. The van der Waals surface area contributed by atoms with E-state index >= 15 is 0 Å². The predicted molar refractivity (Wildman–Crippen MR) is 58.5 cm³/mol. The van der Waals surface area contributed by atoms with Crippen LogP contribution in [0.4, 0.5) is 0 Å². The smallest absolute Gasteiger partial charge is 0.116 e. The number of aromatic hydroxyl groups is 1. The molecule has 0 aliphatic carbocycles. The molecule has 0 spiro atoms. The van der Waals surface area contributed by atoms with E-state index in [0.29, 0.717) is 5.75 Å². The number of aryl methyl sites for hydroxylation is 1. The second-order valence-electron chi connectivity index (χ2n) is 3.37. The highest BCUT2D eigenvalue weighted by atomic mass is 16.3. The van der Waals surface area contributed by atoms with E-state index in [-0.39, 0.29) is 0 Å². The molecular weight excluding hydrogens is 174 g/mol. The molecule has 0 aliphatic rings. The summed E-state index contributed by atoms with van der Waals surface area (Å²) < 4.78 is 0. The van der Waals surface area contributed by atoms with Crippen LogP contribution in [0.1, 0.15) is 12.0 Å². The van der Waals surface area contributed by atoms with Crippen molar-refractivity contribution in [2.75, 3.05) is 0 Å². The molecule has 1 aromatic carbocycles. The highest BCUT2D eigenvalue weighted by Crippen LogP contribution is 2.23. The minimum atomic E-state index is 0.317. The zero-order chi connectivity index (χ0) is 9.97. The van der Waals surface area contributed by atoms with E-state index in [1.54, 1.807) is 12.1 Å². The van der Waals surface area contributed by atoms with Crippen molar-refractivity contribution in [3.63, 3.8) is 0 Å². The summed E-state index contributed by atoms with van der Waals surface area (Å²) in [5.74, 6) is 0.317. The van der Waals surface area contributed by atoms with Crippen LogP contribution in [-0.2, 0) is 6.42 Å². The number of allylic oxidation sites excluding steroid dienone is 1. The number of benzene rings is 1. The van der Waals surface area contributed by atoms with Crippen molar-refractivity contribution in [2.45, 2.75) is 12.8 Å². The lowest BCUT2D eigenvalue weighted by Crippen LogP contribution is -1.79. The minimum absolute atomic E-state index is 0.317. The number of hydrogen-bond acceptors (Lipinski definition) is 1. The largest absolute Gasteiger partial charge is 0.508 e. The normalized spacial score (nSPS) is 10.6. The summed E-state index contributed by atoms with van der Waals surface area (Å²) in [6.07, 6.45) is 5.82. The van der Waals surface area contributed by atoms with Gasteiger partial charge in [0, 0.05) is 17.1 Å². The minimum Gasteiger partial charge on any atom is -0.508 e. The Kier molecular flexibility index (Phi) is 2.27. The van der Waals surface area contributed by atoms with E-state index < -0.39 is 0 Å². The van der Waals surface area contributed by atoms with Crippen molar-refractivity contribution in [1.29, 1.82) is 0 Å². The van der Waals surface area contributed by atoms with Gasteiger partial charge in [-0.2, -0.15) is 0 Å². The summed E-state index contributed by atoms with van der Waals surface area (Å²) in [7, 11) is 0. The number of aromatic amines is 1. The summed E-state index contributed by atoms with van der Waals surface area (Å²) >= 11 is 0. The lowest BCUT2D eigenvalue weighted by molar-refractivity contribution is 0.476. The maximum atomic E-state index is 9.36. The topological polar surface area (TPSA) is 36.0 Å². The van der Waals surface area contributed by atoms with E-state index in [1.807, 2.05) is 18.3 Å². The van der Waals surface area contributed by atoms with Crippen molar-refractivity contribution in [2.24, 2.45) is 0 Å². The first-order valence-corrected chi connectivity index (χ1v) is 4.71. The molecule has 0 bridgehead atoms. The molecule has 1 aromatic heterocycles. The average Bonchev–Trinajstić information content (AvgIpc) is 2.57. The van der Waals surface area contributed by atoms with E-state index in [2.05, 4.69) is 11.6 Å². The van der Waals surface area contributed by atoms with Gasteiger partial charge in [0.15, 0.2) is 0 Å². The zero-order valence-corrected chi connectivity index (χ0v) is 7.96. The SMILES string of the molecule is C=CCCc1c[nH]c2ccc(O)cc12. The van der Waals surface area contributed by atoms with Crippen molar-refractivity contribution in [3.8, 4) is 5.75 Å². The Balaban J connectivity index is 2.44. The predicted octanol–water partition coefficient (Wildman–Crippen LogP) is 2.99. The molecule has 0 saturated heterocycles. The molecule has 0 amide bonds. The lowest BCUT2D eigenvalue weighted by atomic mass is 10.1. The van der Waals surface area contributed by atoms with Gasteiger partial charge in [-0.3, -0.25) is 0 Å². The molecule has 0 fully saturated rings. The standard InChI is InChI=1S/C12H13NO/c1-2-3-4-9-8-13-12-6-5-10(14)7-11(9)12/h2,5-8,13-14H,1,3-4H2. The third kappa shape index (κ3) is 1.51. The molecule has 0 atom stereocenters. The Bertz CT molecular complexity index is 456. The Labute approximate surface area is 82.9 Å². The first-order valence-electron chi connectivity index (χ1n) is 4.71. The molecule has 1 heterocycles. The summed E-state index contributed by atoms with van der Waals surface area (Å²) in [6.45, 7) is 3.70. The van der Waals surface area contributed by atoms with E-state index in [9.17, 15) is 5.11 Å². The fourth-order valence-corrected chi connectivity index (χ4v) is 1.63. The van der Waals surface area contributed by atoms with Gasteiger partial charge in [0.1, 0.15) is 5.75 Å². The molecule has 72 valence electrons. The van der Waals surface area contributed by atoms with Gasteiger partial charge < -0.3 is 10.1 Å². The first-order chi connectivity index (χ1) is 6.81. The molecule has 2 N–H and O–H groups in total. The summed E-state index contributed by atoms with van der Waals surface area (Å²) in [6, 6.07) is 5.38. The molecule has 2 rings (SSSR count). The van der Waals surface area contributed by atoms with Crippen LogP contribution >= 0.6 is 0 Å². The number of rotatable bonds is 3. The average molecular weight is 187 g/mol. The second-order valence-corrected chi connectivity index (χ2v) is 3.37. The van der Waals surface area contributed by atoms with Crippen LogP contribution in [0.25, 0.3) is 10.9 Å². The Morgan fingerprint density at radius 1 is 1.43 bits per heavy atom. The van der Waals surface area contributed by atoms with E-state index in [0.717, 1.165) is 23.7 Å². The van der Waals surface area contributed by atoms with Crippen LogP contribution in [-0.4, -0.2) is 10.1 Å². The van der Waals surface area contributed by atoms with E-state index in [1.165, 1.54) is 5.56 Å². The number of hydrogen-bond donors (Lipinski definition) is 2. The highest BCUT2D eigenvalue weighted by molar-refractivity contribution is 5.84. The van der Waals surface area contributed by atoms with Gasteiger partial charge in [-0.25, -0.2) is 0 Å². The number of fused-ring (bicyclic) bond motifs is 1. The molecular formula is C12H13NO. The van der Waals surface area contributed by atoms with Crippen LogP contribution in [0.2, 0.25) is 0 Å². The first kappa shape index (κ1) is 8.88. The van der Waals surface area contributed by atoms with Gasteiger partial charge in [0.2, 0.25) is 0 Å². The van der Waals surface area contributed by atoms with Gasteiger partial charge in [-0.15, -0.1) is 6.58 Å². The Hall–Kier alpha value is -1.70. The number of aromatic nitrogens is 1. The maximum Gasteiger partial charge on any atom is 0.116 e. The Morgan fingerprint density at radius 2 is 2.29 bits per heavy atom. The Morgan fingerprint density at radius 3 is 3.07 bits per heavy atom. The van der Waals surface area contributed by atoms with Gasteiger partial charge in [0.25, 0.3) is 0 Å². The van der Waals surface area contributed by atoms with Crippen molar-refractivity contribution >= 4 is 10.9 Å². The second kappa shape index (κ2) is 3.58. The monoisotopic (exact) mass is 187 g/mol. The molecule has 0 unspecified atom stereocenters. The number of H-pyrrole nitrogens is 1. The molecule has 2 aromatic rings. The van der Waals surface area contributed by atoms with Crippen LogP contribution in [0.15, 0.2) is 37.1 Å². The molecule has 2 heteroatoms. The van der Waals surface area contributed by atoms with Crippen LogP contribution in [0.5, 0.6) is 5.75 Å². The van der Waals surface area contributed by atoms with Crippen LogP contribution in [0, 0.1) is 0 Å². The highest BCUT2D eigenvalue weighted by Gasteiger charge is 2.02. The summed E-state index contributed by atoms with van der Waals surface area (Å²) in [4.78, 5) is 3.18. The van der Waals surface area contributed by atoms with Crippen LogP contribution < -0.4 is 0 Å². The molecule has 0 aliphatic heterocycles. The lowest BCUT2D eigenvalue weighted by Gasteiger charge is -1.96. The van der Waals surface area contributed by atoms with Gasteiger partial charge in [0.05, 0.1) is 0 Å².